The molecule has 0 aromatic heterocycles. The predicted octanol–water partition coefficient (Wildman–Crippen LogP) is 3.05. The van der Waals surface area contributed by atoms with Gasteiger partial charge in [-0.2, -0.15) is 0 Å². The Bertz CT molecular complexity index is 989. The molecule has 1 saturated carbocycles. The summed E-state index contributed by atoms with van der Waals surface area (Å²) in [6.45, 7) is 3.63. The second-order valence-electron chi connectivity index (χ2n) is 8.81. The second-order valence-corrected chi connectivity index (χ2v) is 9.22. The summed E-state index contributed by atoms with van der Waals surface area (Å²) in [7, 11) is 0. The van der Waals surface area contributed by atoms with Gasteiger partial charge in [-0.1, -0.05) is 41.9 Å². The van der Waals surface area contributed by atoms with Gasteiger partial charge in [0.05, 0.1) is 11.6 Å². The molecule has 4 aliphatic rings. The fourth-order valence-electron chi connectivity index (χ4n) is 5.64. The third-order valence-electron chi connectivity index (χ3n) is 7.54. The number of ether oxygens (including phenoxy) is 1. The number of allylic oxidation sites excluding steroid dienone is 1. The molecule has 5 rings (SSSR count). The standard InChI is InChI=1S/C22H22ClNO5/c1-12-7-8-14-18(20(2)17(25)9-10-22(12,20)27)28-19(26)21(14)11-16(24-29-21)13-5-3-4-6-15(13)23/h3-6,9-10,12,14,18,27H,7-8,11H2,1-2H3/t12-,14+,18+,20-,21-,22+/m0/s1. The number of hydrogen-bond donors (Lipinski definition) is 1. The number of halogens is 1. The maximum absolute atomic E-state index is 13.1. The zero-order valence-electron chi connectivity index (χ0n) is 16.2. The van der Waals surface area contributed by atoms with Crippen LogP contribution in [0.4, 0.5) is 0 Å². The molecule has 152 valence electrons. The fourth-order valence-corrected chi connectivity index (χ4v) is 5.88. The van der Waals surface area contributed by atoms with Gasteiger partial charge in [0, 0.05) is 17.0 Å². The Hall–Kier alpha value is -2.18. The first-order valence-electron chi connectivity index (χ1n) is 9.91. The van der Waals surface area contributed by atoms with Crippen molar-refractivity contribution in [3.8, 4) is 0 Å². The molecule has 1 saturated heterocycles. The number of rotatable bonds is 1. The number of nitrogens with zero attached hydrogens (tertiary/aromatic N) is 1. The lowest BCUT2D eigenvalue weighted by Crippen LogP contribution is -2.57. The lowest BCUT2D eigenvalue weighted by Gasteiger charge is -2.43. The molecule has 1 spiro atoms. The summed E-state index contributed by atoms with van der Waals surface area (Å²) in [4.78, 5) is 31.8. The average Bonchev–Trinajstić information content (AvgIpc) is 3.31. The number of carbonyl (C=O) groups is 2. The largest absolute Gasteiger partial charge is 0.458 e. The number of aliphatic hydroxyl groups is 1. The van der Waals surface area contributed by atoms with Gasteiger partial charge in [0.1, 0.15) is 17.1 Å². The Morgan fingerprint density at radius 2 is 2.00 bits per heavy atom. The van der Waals surface area contributed by atoms with Crippen molar-refractivity contribution in [2.24, 2.45) is 22.4 Å². The van der Waals surface area contributed by atoms with Crippen molar-refractivity contribution in [3.05, 3.63) is 47.0 Å². The highest BCUT2D eigenvalue weighted by molar-refractivity contribution is 6.34. The smallest absolute Gasteiger partial charge is 0.354 e. The molecular formula is C22H22ClNO5. The van der Waals surface area contributed by atoms with Crippen LogP contribution in [0.5, 0.6) is 0 Å². The molecule has 2 fully saturated rings. The molecule has 2 heterocycles. The quantitative estimate of drug-likeness (QED) is 0.712. The number of ketones is 1. The van der Waals surface area contributed by atoms with E-state index >= 15 is 0 Å². The number of carbonyl (C=O) groups excluding carboxylic acids is 2. The maximum atomic E-state index is 13.1. The van der Waals surface area contributed by atoms with E-state index in [1.807, 2.05) is 25.1 Å². The molecule has 1 aromatic carbocycles. The highest BCUT2D eigenvalue weighted by Crippen LogP contribution is 2.59. The van der Waals surface area contributed by atoms with Crippen LogP contribution in [0.3, 0.4) is 0 Å². The van der Waals surface area contributed by atoms with Gasteiger partial charge in [-0.15, -0.1) is 0 Å². The Morgan fingerprint density at radius 3 is 2.76 bits per heavy atom. The van der Waals surface area contributed by atoms with Crippen molar-refractivity contribution < 1.29 is 24.3 Å². The Morgan fingerprint density at radius 1 is 1.24 bits per heavy atom. The molecule has 6 nitrogen and oxygen atoms in total. The van der Waals surface area contributed by atoms with E-state index in [0.29, 0.717) is 29.1 Å². The van der Waals surface area contributed by atoms with Crippen molar-refractivity contribution in [2.75, 3.05) is 0 Å². The van der Waals surface area contributed by atoms with Crippen LogP contribution >= 0.6 is 11.6 Å². The van der Waals surface area contributed by atoms with Gasteiger partial charge in [0.15, 0.2) is 5.78 Å². The minimum Gasteiger partial charge on any atom is -0.458 e. The summed E-state index contributed by atoms with van der Waals surface area (Å²) in [6, 6.07) is 7.27. The molecule has 1 N–H and O–H groups in total. The van der Waals surface area contributed by atoms with Crippen LogP contribution in [-0.2, 0) is 19.2 Å². The zero-order chi connectivity index (χ0) is 20.6. The maximum Gasteiger partial charge on any atom is 0.354 e. The van der Waals surface area contributed by atoms with Crippen LogP contribution in [0.1, 0.15) is 38.7 Å². The molecule has 1 aromatic rings. The highest BCUT2D eigenvalue weighted by Gasteiger charge is 2.73. The highest BCUT2D eigenvalue weighted by atomic mass is 35.5. The second kappa shape index (κ2) is 5.92. The van der Waals surface area contributed by atoms with Gasteiger partial charge < -0.3 is 14.7 Å². The number of benzene rings is 1. The van der Waals surface area contributed by atoms with Crippen molar-refractivity contribution in [2.45, 2.75) is 50.4 Å². The summed E-state index contributed by atoms with van der Waals surface area (Å²) >= 11 is 6.31. The topological polar surface area (TPSA) is 85.2 Å². The lowest BCUT2D eigenvalue weighted by atomic mass is 9.63. The summed E-state index contributed by atoms with van der Waals surface area (Å²) in [5.41, 5.74) is -2.60. The van der Waals surface area contributed by atoms with E-state index in [9.17, 15) is 14.7 Å². The van der Waals surface area contributed by atoms with E-state index in [0.717, 1.165) is 0 Å². The van der Waals surface area contributed by atoms with Gasteiger partial charge in [-0.05, 0) is 43.9 Å². The first-order chi connectivity index (χ1) is 13.7. The number of hydrogen-bond acceptors (Lipinski definition) is 6. The Kier molecular flexibility index (Phi) is 3.84. The Labute approximate surface area is 173 Å². The minimum absolute atomic E-state index is 0.165. The van der Waals surface area contributed by atoms with Crippen LogP contribution in [0.2, 0.25) is 5.02 Å². The number of fused-ring (bicyclic) bond motifs is 4. The molecule has 0 bridgehead atoms. The van der Waals surface area contributed by atoms with Crippen molar-refractivity contribution in [1.29, 1.82) is 0 Å². The van der Waals surface area contributed by atoms with Crippen molar-refractivity contribution in [3.63, 3.8) is 0 Å². The van der Waals surface area contributed by atoms with E-state index in [-0.39, 0.29) is 18.1 Å². The Balaban J connectivity index is 1.55. The third kappa shape index (κ3) is 2.19. The first-order valence-corrected chi connectivity index (χ1v) is 10.3. The third-order valence-corrected chi connectivity index (χ3v) is 7.87. The molecule has 2 aliphatic carbocycles. The molecule has 6 atom stereocenters. The lowest BCUT2D eigenvalue weighted by molar-refractivity contribution is -0.169. The zero-order valence-corrected chi connectivity index (χ0v) is 17.0. The van der Waals surface area contributed by atoms with Crippen LogP contribution in [-0.4, -0.2) is 39.9 Å². The van der Waals surface area contributed by atoms with Gasteiger partial charge in [0.2, 0.25) is 5.60 Å². The van der Waals surface area contributed by atoms with Crippen LogP contribution < -0.4 is 0 Å². The summed E-state index contributed by atoms with van der Waals surface area (Å²) < 4.78 is 5.81. The van der Waals surface area contributed by atoms with E-state index in [2.05, 4.69) is 5.16 Å². The van der Waals surface area contributed by atoms with Crippen molar-refractivity contribution in [1.82, 2.24) is 0 Å². The molecule has 0 amide bonds. The van der Waals surface area contributed by atoms with Gasteiger partial charge >= 0.3 is 5.97 Å². The van der Waals surface area contributed by atoms with E-state index < -0.39 is 34.6 Å². The predicted molar refractivity (Wildman–Crippen MR) is 105 cm³/mol. The van der Waals surface area contributed by atoms with Crippen molar-refractivity contribution >= 4 is 29.1 Å². The number of esters is 1. The summed E-state index contributed by atoms with van der Waals surface area (Å²) in [5.74, 6) is -1.32. The molecular weight excluding hydrogens is 394 g/mol. The number of oxime groups is 1. The molecule has 2 aliphatic heterocycles. The van der Waals surface area contributed by atoms with Crippen LogP contribution in [0.15, 0.2) is 41.6 Å². The van der Waals surface area contributed by atoms with E-state index in [1.165, 1.54) is 6.08 Å². The molecule has 0 unspecified atom stereocenters. The van der Waals surface area contributed by atoms with Gasteiger partial charge in [-0.3, -0.25) is 4.79 Å². The van der Waals surface area contributed by atoms with Crippen LogP contribution in [0, 0.1) is 17.3 Å². The molecule has 7 heteroatoms. The monoisotopic (exact) mass is 415 g/mol. The summed E-state index contributed by atoms with van der Waals surface area (Å²) in [5, 5.41) is 16.2. The van der Waals surface area contributed by atoms with E-state index in [4.69, 9.17) is 21.2 Å². The first kappa shape index (κ1) is 18.8. The van der Waals surface area contributed by atoms with Gasteiger partial charge in [0.25, 0.3) is 0 Å². The van der Waals surface area contributed by atoms with Gasteiger partial charge in [-0.25, -0.2) is 4.79 Å². The van der Waals surface area contributed by atoms with Crippen LogP contribution in [0.25, 0.3) is 0 Å². The minimum atomic E-state index is -1.36. The van der Waals surface area contributed by atoms with E-state index in [1.54, 1.807) is 19.1 Å². The normalized spacial score (nSPS) is 42.9. The average molecular weight is 416 g/mol. The molecule has 29 heavy (non-hydrogen) atoms. The fraction of sp³-hybridized carbons (Fsp3) is 0.500. The summed E-state index contributed by atoms with van der Waals surface area (Å²) in [6.07, 6.45) is 3.65. The SMILES string of the molecule is C[C@H]1CC[C@@H]2[C@@H](OC(=O)[C@]23CC(c2ccccc2Cl)=NO3)[C@]2(C)C(=O)C=C[C@@]12O. The molecule has 0 radical (unpaired) electrons.